The van der Waals surface area contributed by atoms with E-state index >= 15 is 0 Å². The Morgan fingerprint density at radius 2 is 1.59 bits per heavy atom. The fraction of sp³-hybridized carbons (Fsp3) is 0.143. The second kappa shape index (κ2) is 5.68. The van der Waals surface area contributed by atoms with Crippen molar-refractivity contribution >= 4 is 47.8 Å². The first-order valence-electron chi connectivity index (χ1n) is 5.23. The van der Waals surface area contributed by atoms with Crippen LogP contribution >= 0.6 is 47.8 Å². The Kier molecular flexibility index (Phi) is 4.45. The van der Waals surface area contributed by atoms with E-state index in [1.54, 1.807) is 0 Å². The van der Waals surface area contributed by atoms with Crippen molar-refractivity contribution in [3.05, 3.63) is 68.1 Å². The first-order chi connectivity index (χ1) is 8.08. The molecule has 0 nitrogen and oxygen atoms in total. The fourth-order valence-electron chi connectivity index (χ4n) is 1.65. The number of aryl methyl sites for hydroxylation is 1. The van der Waals surface area contributed by atoms with Gasteiger partial charge in [-0.2, -0.15) is 0 Å². The van der Waals surface area contributed by atoms with E-state index in [4.69, 9.17) is 0 Å². The van der Waals surface area contributed by atoms with Gasteiger partial charge >= 0.3 is 0 Å². The molecule has 2 aromatic carbocycles. The summed E-state index contributed by atoms with van der Waals surface area (Å²) in [5.74, 6) is 0. The topological polar surface area (TPSA) is 0 Å². The maximum atomic E-state index is 3.75. The average Bonchev–Trinajstić information content (AvgIpc) is 2.29. The Morgan fingerprint density at radius 3 is 2.18 bits per heavy atom. The standard InChI is InChI=1S/C14H11Br3/c1-9-2-7-12(13(16)8-9)14(17)10-3-5-11(15)6-4-10/h2-8,14H,1H3. The van der Waals surface area contributed by atoms with Gasteiger partial charge in [0.15, 0.2) is 0 Å². The van der Waals surface area contributed by atoms with Crippen molar-refractivity contribution in [1.29, 1.82) is 0 Å². The lowest BCUT2D eigenvalue weighted by Gasteiger charge is -2.13. The third-order valence-corrected chi connectivity index (χ3v) is 4.83. The maximum absolute atomic E-state index is 3.75. The van der Waals surface area contributed by atoms with Crippen LogP contribution in [0.15, 0.2) is 51.4 Å². The van der Waals surface area contributed by atoms with Gasteiger partial charge < -0.3 is 0 Å². The Hall–Kier alpha value is -0.120. The van der Waals surface area contributed by atoms with Crippen LogP contribution in [-0.2, 0) is 0 Å². The van der Waals surface area contributed by atoms with Crippen molar-refractivity contribution in [3.8, 4) is 0 Å². The van der Waals surface area contributed by atoms with Crippen molar-refractivity contribution in [2.45, 2.75) is 11.8 Å². The molecule has 0 aliphatic carbocycles. The van der Waals surface area contributed by atoms with Gasteiger partial charge in [-0.3, -0.25) is 0 Å². The molecule has 0 aliphatic heterocycles. The molecule has 0 heterocycles. The summed E-state index contributed by atoms with van der Waals surface area (Å²) >= 11 is 10.8. The quantitative estimate of drug-likeness (QED) is 0.524. The molecule has 0 amide bonds. The highest BCUT2D eigenvalue weighted by molar-refractivity contribution is 9.11. The Labute approximate surface area is 127 Å². The van der Waals surface area contributed by atoms with Crippen LogP contribution in [0.4, 0.5) is 0 Å². The molecule has 2 aromatic rings. The number of alkyl halides is 1. The molecule has 0 saturated heterocycles. The molecule has 0 spiro atoms. The molecule has 0 fully saturated rings. The van der Waals surface area contributed by atoms with Crippen molar-refractivity contribution in [2.75, 3.05) is 0 Å². The minimum absolute atomic E-state index is 0.213. The maximum Gasteiger partial charge on any atom is 0.0655 e. The van der Waals surface area contributed by atoms with Crippen LogP contribution < -0.4 is 0 Å². The molecular formula is C14H11Br3. The molecule has 3 heteroatoms. The Morgan fingerprint density at radius 1 is 0.941 bits per heavy atom. The number of halogens is 3. The summed E-state index contributed by atoms with van der Waals surface area (Å²) in [4.78, 5) is 0.213. The third-order valence-electron chi connectivity index (χ3n) is 2.59. The van der Waals surface area contributed by atoms with E-state index in [0.717, 1.165) is 8.95 Å². The molecule has 1 atom stereocenters. The molecule has 0 aliphatic rings. The van der Waals surface area contributed by atoms with Crippen LogP contribution in [-0.4, -0.2) is 0 Å². The van der Waals surface area contributed by atoms with Gasteiger partial charge in [0.25, 0.3) is 0 Å². The van der Waals surface area contributed by atoms with Gasteiger partial charge in [-0.25, -0.2) is 0 Å². The first-order valence-corrected chi connectivity index (χ1v) is 7.73. The first kappa shape index (κ1) is 13.3. The van der Waals surface area contributed by atoms with Crippen molar-refractivity contribution in [1.82, 2.24) is 0 Å². The van der Waals surface area contributed by atoms with Gasteiger partial charge in [0, 0.05) is 8.95 Å². The molecular weight excluding hydrogens is 408 g/mol. The SMILES string of the molecule is Cc1ccc(C(Br)c2ccc(Br)cc2)c(Br)c1. The smallest absolute Gasteiger partial charge is 0.0655 e. The summed E-state index contributed by atoms with van der Waals surface area (Å²) in [6.07, 6.45) is 0. The fourth-order valence-corrected chi connectivity index (χ4v) is 3.65. The molecule has 0 radical (unpaired) electrons. The summed E-state index contributed by atoms with van der Waals surface area (Å²) < 4.78 is 2.24. The zero-order chi connectivity index (χ0) is 12.4. The predicted molar refractivity (Wildman–Crippen MR) is 83.8 cm³/mol. The zero-order valence-corrected chi connectivity index (χ0v) is 14.0. The lowest BCUT2D eigenvalue weighted by atomic mass is 10.0. The Balaban J connectivity index is 2.36. The van der Waals surface area contributed by atoms with Crippen molar-refractivity contribution in [3.63, 3.8) is 0 Å². The monoisotopic (exact) mass is 416 g/mol. The second-order valence-corrected chi connectivity index (χ2v) is 6.62. The molecule has 0 bridgehead atoms. The summed E-state index contributed by atoms with van der Waals surface area (Å²) in [6.45, 7) is 2.09. The van der Waals surface area contributed by atoms with Crippen LogP contribution in [0, 0.1) is 6.92 Å². The minimum atomic E-state index is 0.213. The number of rotatable bonds is 2. The van der Waals surface area contributed by atoms with Gasteiger partial charge in [0.2, 0.25) is 0 Å². The van der Waals surface area contributed by atoms with Gasteiger partial charge in [0.05, 0.1) is 4.83 Å². The molecule has 17 heavy (non-hydrogen) atoms. The van der Waals surface area contributed by atoms with E-state index in [2.05, 4.69) is 97.2 Å². The zero-order valence-electron chi connectivity index (χ0n) is 9.25. The molecule has 0 saturated carbocycles. The summed E-state index contributed by atoms with van der Waals surface area (Å²) in [6, 6.07) is 14.8. The van der Waals surface area contributed by atoms with E-state index in [9.17, 15) is 0 Å². The molecule has 0 aromatic heterocycles. The molecule has 2 rings (SSSR count). The highest BCUT2D eigenvalue weighted by Crippen LogP contribution is 2.36. The van der Waals surface area contributed by atoms with E-state index in [0.29, 0.717) is 0 Å². The second-order valence-electron chi connectivity index (χ2n) is 3.94. The van der Waals surface area contributed by atoms with Gasteiger partial charge in [-0.1, -0.05) is 72.1 Å². The average molecular weight is 419 g/mol. The summed E-state index contributed by atoms with van der Waals surface area (Å²) in [7, 11) is 0. The minimum Gasteiger partial charge on any atom is -0.0786 e. The predicted octanol–water partition coefficient (Wildman–Crippen LogP) is 6.00. The van der Waals surface area contributed by atoms with Crippen molar-refractivity contribution < 1.29 is 0 Å². The molecule has 0 N–H and O–H groups in total. The van der Waals surface area contributed by atoms with Crippen LogP contribution in [0.3, 0.4) is 0 Å². The van der Waals surface area contributed by atoms with Gasteiger partial charge in [-0.05, 0) is 41.8 Å². The highest BCUT2D eigenvalue weighted by atomic mass is 79.9. The number of benzene rings is 2. The third kappa shape index (κ3) is 3.21. The van der Waals surface area contributed by atoms with Crippen molar-refractivity contribution in [2.24, 2.45) is 0 Å². The summed E-state index contributed by atoms with van der Waals surface area (Å²) in [5, 5.41) is 0. The number of hydrogen-bond donors (Lipinski definition) is 0. The van der Waals surface area contributed by atoms with Gasteiger partial charge in [-0.15, -0.1) is 0 Å². The van der Waals surface area contributed by atoms with E-state index < -0.39 is 0 Å². The molecule has 1 unspecified atom stereocenters. The highest BCUT2D eigenvalue weighted by Gasteiger charge is 2.13. The van der Waals surface area contributed by atoms with E-state index in [1.807, 2.05) is 0 Å². The number of hydrogen-bond acceptors (Lipinski definition) is 0. The van der Waals surface area contributed by atoms with Crippen LogP contribution in [0.5, 0.6) is 0 Å². The van der Waals surface area contributed by atoms with Crippen LogP contribution in [0.1, 0.15) is 21.5 Å². The van der Waals surface area contributed by atoms with E-state index in [-0.39, 0.29) is 4.83 Å². The lowest BCUT2D eigenvalue weighted by molar-refractivity contribution is 1.16. The lowest BCUT2D eigenvalue weighted by Crippen LogP contribution is -1.94. The molecule has 88 valence electrons. The largest absolute Gasteiger partial charge is 0.0786 e. The van der Waals surface area contributed by atoms with Crippen LogP contribution in [0.25, 0.3) is 0 Å². The van der Waals surface area contributed by atoms with E-state index in [1.165, 1.54) is 16.7 Å². The van der Waals surface area contributed by atoms with Gasteiger partial charge in [0.1, 0.15) is 0 Å². The normalized spacial score (nSPS) is 12.5. The summed E-state index contributed by atoms with van der Waals surface area (Å²) in [5.41, 5.74) is 3.76. The Bertz CT molecular complexity index is 517. The van der Waals surface area contributed by atoms with Crippen LogP contribution in [0.2, 0.25) is 0 Å².